The first kappa shape index (κ1) is 16.0. The molecule has 0 aromatic heterocycles. The smallest absolute Gasteiger partial charge is 0.348 e. The molecule has 8 heteroatoms. The molecule has 2 saturated heterocycles. The van der Waals surface area contributed by atoms with E-state index in [1.807, 2.05) is 0 Å². The van der Waals surface area contributed by atoms with E-state index in [9.17, 15) is 14.0 Å². The zero-order valence-electron chi connectivity index (χ0n) is 12.5. The number of carbonyl (C=O) groups is 2. The van der Waals surface area contributed by atoms with Crippen molar-refractivity contribution in [3.8, 4) is 5.75 Å². The summed E-state index contributed by atoms with van der Waals surface area (Å²) < 4.78 is 24.1. The van der Waals surface area contributed by atoms with Gasteiger partial charge in [0, 0.05) is 12.6 Å². The van der Waals surface area contributed by atoms with E-state index in [0.717, 1.165) is 6.07 Å². The molecular weight excluding hydrogens is 327 g/mol. The Labute approximate surface area is 137 Å². The second-order valence-electron chi connectivity index (χ2n) is 5.97. The molecule has 0 saturated carbocycles. The van der Waals surface area contributed by atoms with Crippen LogP contribution in [-0.4, -0.2) is 41.2 Å². The van der Waals surface area contributed by atoms with Crippen molar-refractivity contribution < 1.29 is 23.5 Å². The van der Waals surface area contributed by atoms with Gasteiger partial charge < -0.3 is 14.4 Å². The second-order valence-corrected chi connectivity index (χ2v) is 6.38. The highest BCUT2D eigenvalue weighted by molar-refractivity contribution is 6.30. The molecule has 2 aliphatic heterocycles. The maximum Gasteiger partial charge on any atom is 0.348 e. The fraction of sp³-hybridized carbons (Fsp3) is 0.467. The molecule has 2 fully saturated rings. The minimum atomic E-state index is -1.50. The van der Waals surface area contributed by atoms with Gasteiger partial charge in [0.25, 0.3) is 5.91 Å². The highest BCUT2D eigenvalue weighted by Crippen LogP contribution is 2.35. The summed E-state index contributed by atoms with van der Waals surface area (Å²) in [5.41, 5.74) is 3.10. The van der Waals surface area contributed by atoms with Gasteiger partial charge in [-0.15, -0.1) is 0 Å². The number of halogens is 2. The number of hydrogen-bond acceptors (Lipinski definition) is 5. The summed E-state index contributed by atoms with van der Waals surface area (Å²) in [7, 11) is 0. The predicted molar refractivity (Wildman–Crippen MR) is 79.3 cm³/mol. The Kier molecular flexibility index (Phi) is 3.72. The SMILES string of the molecule is C[C@@]1(COc2ccc(Cl)c(F)c2)OC(=O)[C@@]2(N)CCCN2C1=O. The van der Waals surface area contributed by atoms with E-state index >= 15 is 0 Å². The molecular formula is C15H16ClFN2O4. The summed E-state index contributed by atoms with van der Waals surface area (Å²) in [5.74, 6) is -1.51. The van der Waals surface area contributed by atoms with Crippen LogP contribution in [0.5, 0.6) is 5.75 Å². The van der Waals surface area contributed by atoms with E-state index in [-0.39, 0.29) is 17.4 Å². The Bertz CT molecular complexity index is 685. The van der Waals surface area contributed by atoms with E-state index in [1.54, 1.807) is 0 Å². The quantitative estimate of drug-likeness (QED) is 0.841. The number of rotatable bonds is 3. The van der Waals surface area contributed by atoms with E-state index in [1.165, 1.54) is 24.0 Å². The van der Waals surface area contributed by atoms with Crippen molar-refractivity contribution in [1.29, 1.82) is 0 Å². The Morgan fingerprint density at radius 3 is 2.91 bits per heavy atom. The van der Waals surface area contributed by atoms with Crippen molar-refractivity contribution in [3.05, 3.63) is 29.0 Å². The minimum absolute atomic E-state index is 0.0336. The number of hydrogen-bond donors (Lipinski definition) is 1. The number of benzene rings is 1. The summed E-state index contributed by atoms with van der Waals surface area (Å²) >= 11 is 5.60. The fourth-order valence-corrected chi connectivity index (χ4v) is 2.95. The van der Waals surface area contributed by atoms with Crippen molar-refractivity contribution in [2.75, 3.05) is 13.2 Å². The molecule has 0 radical (unpaired) electrons. The first-order valence-electron chi connectivity index (χ1n) is 7.18. The van der Waals surface area contributed by atoms with Crippen LogP contribution in [0, 0.1) is 5.82 Å². The number of amides is 1. The van der Waals surface area contributed by atoms with Crippen LogP contribution >= 0.6 is 11.6 Å². The number of nitrogens with two attached hydrogens (primary N) is 1. The second kappa shape index (κ2) is 5.35. The molecule has 1 amide bonds. The molecule has 2 N–H and O–H groups in total. The third-order valence-corrected chi connectivity index (χ3v) is 4.50. The number of cyclic esters (lactones) is 1. The molecule has 2 heterocycles. The van der Waals surface area contributed by atoms with Crippen LogP contribution in [0.3, 0.4) is 0 Å². The minimum Gasteiger partial charge on any atom is -0.489 e. The molecule has 2 aliphatic rings. The summed E-state index contributed by atoms with van der Waals surface area (Å²) in [6.07, 6.45) is 1.01. The lowest BCUT2D eigenvalue weighted by atomic mass is 9.98. The van der Waals surface area contributed by atoms with Crippen LogP contribution in [0.25, 0.3) is 0 Å². The molecule has 23 heavy (non-hydrogen) atoms. The zero-order chi connectivity index (χ0) is 16.8. The monoisotopic (exact) mass is 342 g/mol. The van der Waals surface area contributed by atoms with Crippen molar-refractivity contribution in [3.63, 3.8) is 0 Å². The normalized spacial score (nSPS) is 30.2. The number of ether oxygens (including phenoxy) is 2. The van der Waals surface area contributed by atoms with Crippen LogP contribution in [0.2, 0.25) is 5.02 Å². The number of morpholine rings is 1. The van der Waals surface area contributed by atoms with Crippen LogP contribution in [0.4, 0.5) is 4.39 Å². The molecule has 2 atom stereocenters. The highest BCUT2D eigenvalue weighted by Gasteiger charge is 2.59. The molecule has 0 bridgehead atoms. The Morgan fingerprint density at radius 2 is 2.22 bits per heavy atom. The lowest BCUT2D eigenvalue weighted by Crippen LogP contribution is -2.71. The highest BCUT2D eigenvalue weighted by atomic mass is 35.5. The maximum atomic E-state index is 13.4. The molecule has 124 valence electrons. The average Bonchev–Trinajstić information content (AvgIpc) is 2.90. The lowest BCUT2D eigenvalue weighted by Gasteiger charge is -2.44. The van der Waals surface area contributed by atoms with Crippen LogP contribution < -0.4 is 10.5 Å². The topological polar surface area (TPSA) is 81.9 Å². The van der Waals surface area contributed by atoms with E-state index < -0.39 is 29.0 Å². The van der Waals surface area contributed by atoms with Gasteiger partial charge in [0.2, 0.25) is 5.60 Å². The third kappa shape index (κ3) is 2.53. The van der Waals surface area contributed by atoms with E-state index in [0.29, 0.717) is 19.4 Å². The molecule has 0 spiro atoms. The van der Waals surface area contributed by atoms with Crippen molar-refractivity contribution in [2.24, 2.45) is 5.73 Å². The van der Waals surface area contributed by atoms with Crippen molar-refractivity contribution in [2.45, 2.75) is 31.0 Å². The Hall–Kier alpha value is -1.86. The summed E-state index contributed by atoms with van der Waals surface area (Å²) in [4.78, 5) is 26.1. The molecule has 1 aromatic rings. The molecule has 0 unspecified atom stereocenters. The zero-order valence-corrected chi connectivity index (χ0v) is 13.2. The maximum absolute atomic E-state index is 13.4. The van der Waals surface area contributed by atoms with Gasteiger partial charge in [-0.1, -0.05) is 11.6 Å². The number of carbonyl (C=O) groups excluding carboxylic acids is 2. The van der Waals surface area contributed by atoms with Crippen LogP contribution in [0.1, 0.15) is 19.8 Å². The summed E-state index contributed by atoms with van der Waals surface area (Å²) in [5, 5.41) is -0.0336. The molecule has 3 rings (SSSR count). The fourth-order valence-electron chi connectivity index (χ4n) is 2.84. The molecule has 0 aliphatic carbocycles. The largest absolute Gasteiger partial charge is 0.489 e. The Balaban J connectivity index is 1.77. The standard InChI is InChI=1S/C15H16ClFN2O4/c1-14(8-22-9-3-4-10(16)11(17)7-9)12(20)19-6-2-5-15(19,18)13(21)23-14/h3-4,7H,2,5-6,8,18H2,1H3/t14-,15+/m0/s1. The van der Waals surface area contributed by atoms with E-state index in [4.69, 9.17) is 26.8 Å². The lowest BCUT2D eigenvalue weighted by molar-refractivity contribution is -0.201. The van der Waals surface area contributed by atoms with Gasteiger partial charge in [-0.25, -0.2) is 9.18 Å². The van der Waals surface area contributed by atoms with Gasteiger partial charge in [0.15, 0.2) is 5.66 Å². The number of fused-ring (bicyclic) bond motifs is 1. The number of nitrogens with zero attached hydrogens (tertiary/aromatic N) is 1. The van der Waals surface area contributed by atoms with Gasteiger partial charge in [-0.3, -0.25) is 10.5 Å². The first-order chi connectivity index (χ1) is 10.8. The predicted octanol–water partition coefficient (Wildman–Crippen LogP) is 1.45. The molecule has 6 nitrogen and oxygen atoms in total. The number of esters is 1. The van der Waals surface area contributed by atoms with Crippen LogP contribution in [0.15, 0.2) is 18.2 Å². The summed E-state index contributed by atoms with van der Waals surface area (Å²) in [6.45, 7) is 1.61. The van der Waals surface area contributed by atoms with Crippen LogP contribution in [-0.2, 0) is 14.3 Å². The van der Waals surface area contributed by atoms with Gasteiger partial charge in [-0.05, 0) is 31.9 Å². The Morgan fingerprint density at radius 1 is 1.48 bits per heavy atom. The van der Waals surface area contributed by atoms with Crippen molar-refractivity contribution in [1.82, 2.24) is 4.90 Å². The first-order valence-corrected chi connectivity index (χ1v) is 7.56. The summed E-state index contributed by atoms with van der Waals surface area (Å²) in [6, 6.07) is 3.91. The van der Waals surface area contributed by atoms with Gasteiger partial charge >= 0.3 is 5.97 Å². The average molecular weight is 343 g/mol. The van der Waals surface area contributed by atoms with Gasteiger partial charge in [0.05, 0.1) is 5.02 Å². The van der Waals surface area contributed by atoms with Crippen molar-refractivity contribution >= 4 is 23.5 Å². The third-order valence-electron chi connectivity index (χ3n) is 4.20. The molecule has 1 aromatic carbocycles. The van der Waals surface area contributed by atoms with Gasteiger partial charge in [0.1, 0.15) is 18.2 Å². The van der Waals surface area contributed by atoms with Gasteiger partial charge in [-0.2, -0.15) is 0 Å². The van der Waals surface area contributed by atoms with E-state index in [2.05, 4.69) is 0 Å².